The van der Waals surface area contributed by atoms with Gasteiger partial charge in [0.15, 0.2) is 22.2 Å². The van der Waals surface area contributed by atoms with Crippen molar-refractivity contribution in [3.05, 3.63) is 23.8 Å². The Labute approximate surface area is 128 Å². The van der Waals surface area contributed by atoms with Gasteiger partial charge in [-0.25, -0.2) is 8.42 Å². The number of rotatable bonds is 2. The molecule has 8 heteroatoms. The minimum atomic E-state index is -3.06. The Hall–Kier alpha value is -2.09. The van der Waals surface area contributed by atoms with E-state index < -0.39 is 9.84 Å². The number of likely N-dealkylation sites (N-methyl/N-ethyl adjacent to an activating group) is 1. The molecule has 0 aromatic heterocycles. The lowest BCUT2D eigenvalue weighted by atomic mass is 10.1. The number of nitrogens with one attached hydrogen (secondary N) is 1. The first kappa shape index (κ1) is 14.8. The SMILES string of the molecule is CN1C(=O)COc2c(C(=O)NC3CCS(=O)(=O)C3)cccc21. The second kappa shape index (κ2) is 5.28. The third-order valence-corrected chi connectivity index (χ3v) is 5.65. The summed E-state index contributed by atoms with van der Waals surface area (Å²) in [6.45, 7) is -0.119. The average molecular weight is 324 g/mol. The monoisotopic (exact) mass is 324 g/mol. The molecule has 1 saturated heterocycles. The molecule has 0 spiro atoms. The summed E-state index contributed by atoms with van der Waals surface area (Å²) in [6, 6.07) is 4.58. The topological polar surface area (TPSA) is 92.8 Å². The molecule has 118 valence electrons. The molecule has 2 aliphatic heterocycles. The summed E-state index contributed by atoms with van der Waals surface area (Å²) in [4.78, 5) is 25.4. The van der Waals surface area contributed by atoms with Crippen LogP contribution < -0.4 is 15.0 Å². The van der Waals surface area contributed by atoms with Crippen molar-refractivity contribution in [1.29, 1.82) is 0 Å². The van der Waals surface area contributed by atoms with Gasteiger partial charge in [-0.3, -0.25) is 9.59 Å². The van der Waals surface area contributed by atoms with Crippen molar-refractivity contribution in [2.24, 2.45) is 0 Å². The van der Waals surface area contributed by atoms with Gasteiger partial charge in [0, 0.05) is 13.1 Å². The van der Waals surface area contributed by atoms with E-state index in [0.29, 0.717) is 23.4 Å². The quantitative estimate of drug-likeness (QED) is 0.824. The highest BCUT2D eigenvalue weighted by Crippen LogP contribution is 2.34. The second-order valence-corrected chi connectivity index (χ2v) is 7.70. The standard InChI is InChI=1S/C14H16N2O5S/c1-16-11-4-2-3-10(13(11)21-7-12(16)17)14(18)15-9-5-6-22(19,20)8-9/h2-4,9H,5-8H2,1H3,(H,15,18). The van der Waals surface area contributed by atoms with E-state index in [9.17, 15) is 18.0 Å². The normalized spacial score (nSPS) is 22.9. The largest absolute Gasteiger partial charge is 0.481 e. The van der Waals surface area contributed by atoms with E-state index in [0.717, 1.165) is 0 Å². The molecular formula is C14H16N2O5S. The third-order valence-electron chi connectivity index (χ3n) is 3.88. The van der Waals surface area contributed by atoms with E-state index in [4.69, 9.17) is 4.74 Å². The van der Waals surface area contributed by atoms with Crippen molar-refractivity contribution in [3.8, 4) is 5.75 Å². The molecule has 22 heavy (non-hydrogen) atoms. The summed E-state index contributed by atoms with van der Waals surface area (Å²) in [5.41, 5.74) is 0.837. The van der Waals surface area contributed by atoms with Crippen LogP contribution in [0.4, 0.5) is 5.69 Å². The fraction of sp³-hybridized carbons (Fsp3) is 0.429. The highest BCUT2D eigenvalue weighted by Gasteiger charge is 2.31. The number of carbonyl (C=O) groups is 2. The van der Waals surface area contributed by atoms with Crippen LogP contribution in [-0.4, -0.2) is 51.4 Å². The lowest BCUT2D eigenvalue weighted by Gasteiger charge is -2.27. The molecule has 1 aromatic carbocycles. The highest BCUT2D eigenvalue weighted by atomic mass is 32.2. The molecule has 1 N–H and O–H groups in total. The fourth-order valence-corrected chi connectivity index (χ4v) is 4.33. The Bertz CT molecular complexity index is 744. The number of carbonyl (C=O) groups excluding carboxylic acids is 2. The minimum absolute atomic E-state index is 0.0347. The number of anilines is 1. The van der Waals surface area contributed by atoms with Crippen molar-refractivity contribution >= 4 is 27.3 Å². The van der Waals surface area contributed by atoms with Crippen LogP contribution in [0.5, 0.6) is 5.75 Å². The van der Waals surface area contributed by atoms with Crippen molar-refractivity contribution in [2.45, 2.75) is 12.5 Å². The maximum Gasteiger partial charge on any atom is 0.264 e. The fourth-order valence-electron chi connectivity index (χ4n) is 2.66. The molecule has 2 amide bonds. The predicted molar refractivity (Wildman–Crippen MR) is 79.9 cm³/mol. The molecule has 2 aliphatic rings. The van der Waals surface area contributed by atoms with Crippen LogP contribution in [0.25, 0.3) is 0 Å². The van der Waals surface area contributed by atoms with Gasteiger partial charge < -0.3 is 15.0 Å². The summed E-state index contributed by atoms with van der Waals surface area (Å²) in [5, 5.41) is 2.73. The molecule has 0 saturated carbocycles. The molecule has 0 bridgehead atoms. The zero-order chi connectivity index (χ0) is 15.9. The van der Waals surface area contributed by atoms with Gasteiger partial charge in [0.05, 0.1) is 22.8 Å². The van der Waals surface area contributed by atoms with Gasteiger partial charge in [-0.15, -0.1) is 0 Å². The molecule has 0 aliphatic carbocycles. The number of nitrogens with zero attached hydrogens (tertiary/aromatic N) is 1. The summed E-state index contributed by atoms with van der Waals surface area (Å²) in [5.74, 6) is -0.164. The van der Waals surface area contributed by atoms with E-state index >= 15 is 0 Å². The molecular weight excluding hydrogens is 308 g/mol. The van der Waals surface area contributed by atoms with Gasteiger partial charge >= 0.3 is 0 Å². The first-order valence-electron chi connectivity index (χ1n) is 6.91. The number of hydrogen-bond donors (Lipinski definition) is 1. The van der Waals surface area contributed by atoms with Crippen LogP contribution >= 0.6 is 0 Å². The molecule has 1 fully saturated rings. The summed E-state index contributed by atoms with van der Waals surface area (Å²) in [6.07, 6.45) is 0.419. The zero-order valence-corrected chi connectivity index (χ0v) is 12.9. The molecule has 2 heterocycles. The highest BCUT2D eigenvalue weighted by molar-refractivity contribution is 7.91. The Kier molecular flexibility index (Phi) is 3.56. The van der Waals surface area contributed by atoms with Crippen LogP contribution in [-0.2, 0) is 14.6 Å². The average Bonchev–Trinajstić information content (AvgIpc) is 2.81. The smallest absolute Gasteiger partial charge is 0.264 e. The number of amides is 2. The van der Waals surface area contributed by atoms with Gasteiger partial charge in [-0.2, -0.15) is 0 Å². The van der Waals surface area contributed by atoms with E-state index in [1.54, 1.807) is 25.2 Å². The minimum Gasteiger partial charge on any atom is -0.481 e. The third kappa shape index (κ3) is 2.66. The van der Waals surface area contributed by atoms with Crippen molar-refractivity contribution < 1.29 is 22.7 Å². The van der Waals surface area contributed by atoms with Gasteiger partial charge in [-0.1, -0.05) is 6.07 Å². The Balaban J connectivity index is 1.84. The van der Waals surface area contributed by atoms with Crippen LogP contribution in [0.2, 0.25) is 0 Å². The van der Waals surface area contributed by atoms with Crippen molar-refractivity contribution in [2.75, 3.05) is 30.1 Å². The lowest BCUT2D eigenvalue weighted by molar-refractivity contribution is -0.121. The maximum absolute atomic E-state index is 12.4. The van der Waals surface area contributed by atoms with Crippen LogP contribution in [0.3, 0.4) is 0 Å². The number of hydrogen-bond acceptors (Lipinski definition) is 5. The Morgan fingerprint density at radius 3 is 2.86 bits per heavy atom. The van der Waals surface area contributed by atoms with E-state index in [1.165, 1.54) is 4.90 Å². The first-order valence-corrected chi connectivity index (χ1v) is 8.73. The van der Waals surface area contributed by atoms with Gasteiger partial charge in [-0.05, 0) is 18.6 Å². The molecule has 7 nitrogen and oxygen atoms in total. The van der Waals surface area contributed by atoms with Crippen LogP contribution in [0.15, 0.2) is 18.2 Å². The maximum atomic E-state index is 12.4. The molecule has 1 unspecified atom stereocenters. The Morgan fingerprint density at radius 1 is 1.41 bits per heavy atom. The molecule has 1 atom stereocenters. The number of fused-ring (bicyclic) bond motifs is 1. The first-order chi connectivity index (χ1) is 10.4. The molecule has 0 radical (unpaired) electrons. The molecule has 1 aromatic rings. The number of sulfone groups is 1. The van der Waals surface area contributed by atoms with Crippen LogP contribution in [0.1, 0.15) is 16.8 Å². The van der Waals surface area contributed by atoms with Gasteiger partial charge in [0.25, 0.3) is 11.8 Å². The molecule has 3 rings (SSSR count). The summed E-state index contributed by atoms with van der Waals surface area (Å²) >= 11 is 0. The van der Waals surface area contributed by atoms with Crippen molar-refractivity contribution in [3.63, 3.8) is 0 Å². The van der Waals surface area contributed by atoms with Gasteiger partial charge in [0.2, 0.25) is 0 Å². The van der Waals surface area contributed by atoms with E-state index in [2.05, 4.69) is 5.32 Å². The van der Waals surface area contributed by atoms with Crippen LogP contribution in [0, 0.1) is 0 Å². The summed E-state index contributed by atoms with van der Waals surface area (Å²) < 4.78 is 28.3. The number of ether oxygens (including phenoxy) is 1. The number of para-hydroxylation sites is 1. The van der Waals surface area contributed by atoms with E-state index in [1.807, 2.05) is 0 Å². The second-order valence-electron chi connectivity index (χ2n) is 5.47. The van der Waals surface area contributed by atoms with E-state index in [-0.39, 0.29) is 36.0 Å². The van der Waals surface area contributed by atoms with Gasteiger partial charge in [0.1, 0.15) is 0 Å². The predicted octanol–water partition coefficient (Wildman–Crippen LogP) is -0.0413. The Morgan fingerprint density at radius 2 is 2.18 bits per heavy atom. The lowest BCUT2D eigenvalue weighted by Crippen LogP contribution is -2.38. The van der Waals surface area contributed by atoms with Crippen molar-refractivity contribution in [1.82, 2.24) is 5.32 Å². The number of benzene rings is 1. The summed E-state index contributed by atoms with van der Waals surface area (Å²) in [7, 11) is -1.44. The zero-order valence-electron chi connectivity index (χ0n) is 12.0.